The van der Waals surface area contributed by atoms with Crippen molar-refractivity contribution in [2.24, 2.45) is 0 Å². The molecule has 1 amide bonds. The first-order chi connectivity index (χ1) is 15.6. The molecule has 0 aliphatic rings. The van der Waals surface area contributed by atoms with E-state index in [1.807, 2.05) is 19.1 Å². The number of benzene rings is 2. The Balaban J connectivity index is 1.91. The molecule has 1 atom stereocenters. The minimum absolute atomic E-state index is 0.0894. The molecule has 2 rings (SSSR count). The van der Waals surface area contributed by atoms with Gasteiger partial charge in [0.15, 0.2) is 11.7 Å². The Hall–Kier alpha value is -2.26. The van der Waals surface area contributed by atoms with E-state index in [9.17, 15) is 9.59 Å². The van der Waals surface area contributed by atoms with E-state index < -0.39 is 21.8 Å². The summed E-state index contributed by atoms with van der Waals surface area (Å²) in [5, 5.41) is 8.28. The molecule has 11 heteroatoms. The van der Waals surface area contributed by atoms with Gasteiger partial charge in [-0.15, -0.1) is 0 Å². The third kappa shape index (κ3) is 9.25. The molecule has 0 saturated carbocycles. The molecular formula is C22H24Cl3N3O4S. The van der Waals surface area contributed by atoms with E-state index in [4.69, 9.17) is 56.5 Å². The fourth-order valence-electron chi connectivity index (χ4n) is 2.58. The fraction of sp³-hybridized carbons (Fsp3) is 0.318. The number of anilines is 1. The lowest BCUT2D eigenvalue weighted by atomic mass is 10.2. The van der Waals surface area contributed by atoms with Crippen LogP contribution >= 0.6 is 47.0 Å². The Morgan fingerprint density at radius 1 is 1.00 bits per heavy atom. The van der Waals surface area contributed by atoms with Gasteiger partial charge in [0.1, 0.15) is 11.9 Å². The maximum absolute atomic E-state index is 12.3. The summed E-state index contributed by atoms with van der Waals surface area (Å²) in [4.78, 5) is 24.1. The van der Waals surface area contributed by atoms with Crippen molar-refractivity contribution >= 4 is 69.7 Å². The molecule has 0 saturated heterocycles. The topological polar surface area (TPSA) is 88.7 Å². The van der Waals surface area contributed by atoms with Crippen LogP contribution in [0.25, 0.3) is 0 Å². The summed E-state index contributed by atoms with van der Waals surface area (Å²) < 4.78 is 8.51. The van der Waals surface area contributed by atoms with E-state index in [1.165, 1.54) is 0 Å². The maximum atomic E-state index is 12.3. The zero-order chi connectivity index (χ0) is 24.4. The number of carbonyl (C=O) groups is 2. The standard InChI is InChI=1S/C22H24Cl3N3O4S/c1-3-14-5-11-17(12-6-14)32-13-18(29)27-20(22(23,24)25)28-21(33)26-16-9-7-15(8-10-16)19(30)31-4-2/h5-12,20H,3-4,13H2,1-2H3,(H,27,29)(H2,26,28,33)/t20-/m1/s1. The minimum Gasteiger partial charge on any atom is -0.484 e. The molecule has 2 aromatic carbocycles. The number of esters is 1. The van der Waals surface area contributed by atoms with Crippen LogP contribution < -0.4 is 20.7 Å². The number of nitrogens with one attached hydrogen (secondary N) is 3. The van der Waals surface area contributed by atoms with Gasteiger partial charge in [-0.3, -0.25) is 4.79 Å². The number of amides is 1. The number of alkyl halides is 3. The first-order valence-corrected chi connectivity index (χ1v) is 11.6. The third-order valence-corrected chi connectivity index (χ3v) is 5.14. The second-order valence-corrected chi connectivity index (χ2v) is 9.50. The molecule has 0 fully saturated rings. The van der Waals surface area contributed by atoms with Gasteiger partial charge in [-0.2, -0.15) is 0 Å². The Bertz CT molecular complexity index is 951. The highest BCUT2D eigenvalue weighted by atomic mass is 35.6. The Kier molecular flexibility index (Phi) is 10.5. The molecule has 0 heterocycles. The number of ether oxygens (including phenoxy) is 2. The Morgan fingerprint density at radius 3 is 2.18 bits per heavy atom. The molecule has 3 N–H and O–H groups in total. The van der Waals surface area contributed by atoms with Gasteiger partial charge >= 0.3 is 5.97 Å². The lowest BCUT2D eigenvalue weighted by Crippen LogP contribution is -2.56. The smallest absolute Gasteiger partial charge is 0.338 e. The summed E-state index contributed by atoms with van der Waals surface area (Å²) in [6.45, 7) is 3.78. The molecule has 178 valence electrons. The van der Waals surface area contributed by atoms with Crippen LogP contribution in [0.3, 0.4) is 0 Å². The summed E-state index contributed by atoms with van der Waals surface area (Å²) in [5.74, 6) is -0.392. The number of carbonyl (C=O) groups excluding carboxylic acids is 2. The second kappa shape index (κ2) is 12.8. The minimum atomic E-state index is -1.90. The number of hydrogen-bond donors (Lipinski definition) is 3. The third-order valence-electron chi connectivity index (χ3n) is 4.26. The maximum Gasteiger partial charge on any atom is 0.338 e. The summed E-state index contributed by atoms with van der Waals surface area (Å²) in [6, 6.07) is 13.8. The van der Waals surface area contributed by atoms with Crippen LogP contribution in [0, 0.1) is 0 Å². The van der Waals surface area contributed by atoms with Crippen molar-refractivity contribution in [2.45, 2.75) is 30.2 Å². The highest BCUT2D eigenvalue weighted by Gasteiger charge is 2.34. The number of aryl methyl sites for hydroxylation is 1. The van der Waals surface area contributed by atoms with Crippen LogP contribution in [-0.4, -0.2) is 40.2 Å². The predicted molar refractivity (Wildman–Crippen MR) is 135 cm³/mol. The highest BCUT2D eigenvalue weighted by molar-refractivity contribution is 7.80. The largest absolute Gasteiger partial charge is 0.484 e. The van der Waals surface area contributed by atoms with Gasteiger partial charge in [0.2, 0.25) is 3.79 Å². The van der Waals surface area contributed by atoms with Crippen molar-refractivity contribution < 1.29 is 19.1 Å². The Morgan fingerprint density at radius 2 is 1.64 bits per heavy atom. The molecule has 7 nitrogen and oxygen atoms in total. The SMILES string of the molecule is CCOC(=O)c1ccc(NC(=S)N[C@@H](NC(=O)COc2ccc(CC)cc2)C(Cl)(Cl)Cl)cc1. The molecule has 0 radical (unpaired) electrons. The quantitative estimate of drug-likeness (QED) is 0.188. The van der Waals surface area contributed by atoms with Crippen molar-refractivity contribution in [1.82, 2.24) is 10.6 Å². The normalized spacial score (nSPS) is 11.8. The van der Waals surface area contributed by atoms with E-state index in [0.717, 1.165) is 12.0 Å². The van der Waals surface area contributed by atoms with Gasteiger partial charge in [0, 0.05) is 5.69 Å². The monoisotopic (exact) mass is 531 g/mol. The van der Waals surface area contributed by atoms with E-state index in [-0.39, 0.29) is 18.3 Å². The van der Waals surface area contributed by atoms with Crippen LogP contribution in [0.15, 0.2) is 48.5 Å². The van der Waals surface area contributed by atoms with E-state index in [1.54, 1.807) is 43.3 Å². The molecule has 33 heavy (non-hydrogen) atoms. The highest BCUT2D eigenvalue weighted by Crippen LogP contribution is 2.29. The summed E-state index contributed by atoms with van der Waals surface area (Å²) in [6.07, 6.45) is -0.235. The zero-order valence-electron chi connectivity index (χ0n) is 18.0. The number of hydrogen-bond acceptors (Lipinski definition) is 5. The zero-order valence-corrected chi connectivity index (χ0v) is 21.1. The fourth-order valence-corrected chi connectivity index (χ4v) is 3.14. The molecule has 0 bridgehead atoms. The van der Waals surface area contributed by atoms with E-state index in [2.05, 4.69) is 16.0 Å². The van der Waals surface area contributed by atoms with Gasteiger partial charge in [0.05, 0.1) is 12.2 Å². The van der Waals surface area contributed by atoms with Gasteiger partial charge in [0.25, 0.3) is 5.91 Å². The first-order valence-electron chi connectivity index (χ1n) is 10.0. The van der Waals surface area contributed by atoms with Crippen LogP contribution in [-0.2, 0) is 16.0 Å². The van der Waals surface area contributed by atoms with E-state index >= 15 is 0 Å². The lowest BCUT2D eigenvalue weighted by Gasteiger charge is -2.27. The van der Waals surface area contributed by atoms with Gasteiger partial charge in [-0.1, -0.05) is 53.9 Å². The summed E-state index contributed by atoms with van der Waals surface area (Å²) in [5.41, 5.74) is 2.13. The van der Waals surface area contributed by atoms with E-state index in [0.29, 0.717) is 17.0 Å². The van der Waals surface area contributed by atoms with Crippen molar-refractivity contribution in [3.63, 3.8) is 0 Å². The van der Waals surface area contributed by atoms with Crippen molar-refractivity contribution in [3.8, 4) is 5.75 Å². The molecule has 2 aromatic rings. The van der Waals surface area contributed by atoms with Gasteiger partial charge in [-0.25, -0.2) is 4.79 Å². The Labute approximate surface area is 213 Å². The van der Waals surface area contributed by atoms with Gasteiger partial charge in [-0.05, 0) is 67.5 Å². The second-order valence-electron chi connectivity index (χ2n) is 6.72. The predicted octanol–water partition coefficient (Wildman–Crippen LogP) is 4.60. The average Bonchev–Trinajstić information content (AvgIpc) is 2.77. The molecule has 0 aliphatic heterocycles. The molecular weight excluding hydrogens is 509 g/mol. The van der Waals surface area contributed by atoms with Crippen molar-refractivity contribution in [1.29, 1.82) is 0 Å². The molecule has 0 aliphatic carbocycles. The number of thiocarbonyl (C=S) groups is 1. The molecule has 0 spiro atoms. The lowest BCUT2D eigenvalue weighted by molar-refractivity contribution is -0.123. The van der Waals surface area contributed by atoms with Crippen LogP contribution in [0.1, 0.15) is 29.8 Å². The first kappa shape index (κ1) is 27.0. The molecule has 0 aromatic heterocycles. The van der Waals surface area contributed by atoms with Crippen molar-refractivity contribution in [2.75, 3.05) is 18.5 Å². The van der Waals surface area contributed by atoms with Gasteiger partial charge < -0.3 is 25.4 Å². The molecule has 0 unspecified atom stereocenters. The van der Waals surface area contributed by atoms with Crippen LogP contribution in [0.4, 0.5) is 5.69 Å². The number of halogens is 3. The average molecular weight is 533 g/mol. The van der Waals surface area contributed by atoms with Crippen LogP contribution in [0.5, 0.6) is 5.75 Å². The van der Waals surface area contributed by atoms with Crippen LogP contribution in [0.2, 0.25) is 0 Å². The van der Waals surface area contributed by atoms with Crippen molar-refractivity contribution in [3.05, 3.63) is 59.7 Å². The summed E-state index contributed by atoms with van der Waals surface area (Å²) in [7, 11) is 0. The summed E-state index contributed by atoms with van der Waals surface area (Å²) >= 11 is 23.3. The number of rotatable bonds is 9.